The molecule has 0 radical (unpaired) electrons. The van der Waals surface area contributed by atoms with E-state index in [1.165, 1.54) is 6.33 Å². The first kappa shape index (κ1) is 17.7. The van der Waals surface area contributed by atoms with Crippen molar-refractivity contribution in [3.63, 3.8) is 0 Å². The first-order valence-electron chi connectivity index (χ1n) is 9.20. The molecule has 6 atom stereocenters. The van der Waals surface area contributed by atoms with Gasteiger partial charge in [-0.2, -0.15) is 0 Å². The van der Waals surface area contributed by atoms with Crippen LogP contribution in [-0.2, 0) is 11.2 Å². The van der Waals surface area contributed by atoms with Crippen molar-refractivity contribution >= 4 is 11.0 Å². The highest BCUT2D eigenvalue weighted by Gasteiger charge is 2.47. The van der Waals surface area contributed by atoms with Gasteiger partial charge in [0.15, 0.2) is 6.23 Å². The van der Waals surface area contributed by atoms with E-state index in [4.69, 9.17) is 4.74 Å². The molecule has 5 rings (SSSR count). The predicted octanol–water partition coefficient (Wildman–Crippen LogP) is 1.66. The zero-order valence-corrected chi connectivity index (χ0v) is 15.1. The number of ether oxygens (including phenoxy) is 1. The van der Waals surface area contributed by atoms with Gasteiger partial charge in [-0.05, 0) is 29.7 Å². The van der Waals surface area contributed by atoms with Crippen LogP contribution in [-0.4, -0.2) is 48.2 Å². The van der Waals surface area contributed by atoms with Crippen LogP contribution < -0.4 is 0 Å². The average Bonchev–Trinajstić information content (AvgIpc) is 3.23. The van der Waals surface area contributed by atoms with Crippen molar-refractivity contribution in [1.82, 2.24) is 14.5 Å². The smallest absolute Gasteiger partial charge is 0.164 e. The van der Waals surface area contributed by atoms with Gasteiger partial charge in [0.1, 0.15) is 42.6 Å². The van der Waals surface area contributed by atoms with Crippen LogP contribution in [0.3, 0.4) is 0 Å². The Morgan fingerprint density at radius 3 is 2.79 bits per heavy atom. The summed E-state index contributed by atoms with van der Waals surface area (Å²) in [5.41, 5.74) is 3.38. The van der Waals surface area contributed by atoms with E-state index in [0.29, 0.717) is 23.2 Å². The Hall–Kier alpha value is -2.39. The highest BCUT2D eigenvalue weighted by molar-refractivity contribution is 5.78. The Balaban J connectivity index is 1.44. The molecule has 2 unspecified atom stereocenters. The van der Waals surface area contributed by atoms with Crippen LogP contribution in [0.25, 0.3) is 11.0 Å². The topological polar surface area (TPSA) is 101 Å². The van der Waals surface area contributed by atoms with Crippen molar-refractivity contribution in [2.75, 3.05) is 0 Å². The van der Waals surface area contributed by atoms with Crippen molar-refractivity contribution < 1.29 is 24.4 Å². The number of aliphatic hydroxyl groups excluding tert-OH is 3. The maximum Gasteiger partial charge on any atom is 0.164 e. The van der Waals surface area contributed by atoms with Gasteiger partial charge >= 0.3 is 0 Å². The first-order valence-corrected chi connectivity index (χ1v) is 9.20. The number of halogens is 1. The second-order valence-electron chi connectivity index (χ2n) is 7.47. The third-order valence-electron chi connectivity index (χ3n) is 5.81. The van der Waals surface area contributed by atoms with Crippen molar-refractivity contribution in [2.24, 2.45) is 0 Å². The molecule has 3 heterocycles. The number of hydrogen-bond donors (Lipinski definition) is 3. The van der Waals surface area contributed by atoms with Gasteiger partial charge in [-0.3, -0.25) is 0 Å². The Kier molecular flexibility index (Phi) is 3.99. The molecule has 1 saturated heterocycles. The first-order chi connectivity index (χ1) is 13.5. The number of rotatable bonds is 3. The number of aliphatic hydroxyl groups is 3. The maximum absolute atomic E-state index is 13.4. The zero-order valence-electron chi connectivity index (χ0n) is 15.1. The minimum absolute atomic E-state index is 0.323. The fourth-order valence-electron chi connectivity index (χ4n) is 4.13. The van der Waals surface area contributed by atoms with Crippen LogP contribution in [0, 0.1) is 6.92 Å². The van der Waals surface area contributed by atoms with Gasteiger partial charge in [0.05, 0.1) is 5.69 Å². The third-order valence-corrected chi connectivity index (χ3v) is 5.81. The second-order valence-corrected chi connectivity index (χ2v) is 7.47. The quantitative estimate of drug-likeness (QED) is 0.634. The Morgan fingerprint density at radius 2 is 2.04 bits per heavy atom. The van der Waals surface area contributed by atoms with Gasteiger partial charge < -0.3 is 24.6 Å². The number of hydrogen-bond acceptors (Lipinski definition) is 6. The van der Waals surface area contributed by atoms with E-state index in [-0.39, 0.29) is 0 Å². The average molecular weight is 385 g/mol. The van der Waals surface area contributed by atoms with Gasteiger partial charge in [-0.1, -0.05) is 18.2 Å². The van der Waals surface area contributed by atoms with Gasteiger partial charge in [0, 0.05) is 18.0 Å². The molecule has 7 nitrogen and oxygen atoms in total. The monoisotopic (exact) mass is 385 g/mol. The van der Waals surface area contributed by atoms with E-state index in [1.807, 2.05) is 13.0 Å². The van der Waals surface area contributed by atoms with E-state index in [2.05, 4.69) is 9.97 Å². The van der Waals surface area contributed by atoms with Crippen LogP contribution in [0.15, 0.2) is 36.8 Å². The zero-order chi connectivity index (χ0) is 19.6. The van der Waals surface area contributed by atoms with Crippen molar-refractivity contribution in [2.45, 2.75) is 50.2 Å². The molecule has 3 aromatic rings. The number of aromatic nitrogens is 3. The standard InChI is InChI=1S/C20H20FN3O4/c1-9-12-4-5-24(19(12)23-8-22-9)20-17(27)16(26)18(28-20)15(25)10-2-3-13-11(6-10)7-14(13)21/h2-6,8,14-18,20,25-27H,7H2,1H3/t14?,15?,16-,17+,18+,20+/m0/s1. The predicted molar refractivity (Wildman–Crippen MR) is 97.1 cm³/mol. The second kappa shape index (κ2) is 6.31. The van der Waals surface area contributed by atoms with Crippen molar-refractivity contribution in [3.8, 4) is 0 Å². The summed E-state index contributed by atoms with van der Waals surface area (Å²) in [7, 11) is 0. The molecule has 0 amide bonds. The minimum Gasteiger partial charge on any atom is -0.387 e. The number of nitrogens with zero attached hydrogens (tertiary/aromatic N) is 3. The fourth-order valence-corrected chi connectivity index (χ4v) is 4.13. The summed E-state index contributed by atoms with van der Waals surface area (Å²) >= 11 is 0. The highest BCUT2D eigenvalue weighted by atomic mass is 19.1. The number of aryl methyl sites for hydroxylation is 1. The Morgan fingerprint density at radius 1 is 1.21 bits per heavy atom. The van der Waals surface area contributed by atoms with Gasteiger partial charge in [-0.15, -0.1) is 0 Å². The molecule has 8 heteroatoms. The maximum atomic E-state index is 13.4. The molecule has 0 saturated carbocycles. The lowest BCUT2D eigenvalue weighted by Gasteiger charge is -2.27. The van der Waals surface area contributed by atoms with Gasteiger partial charge in [0.2, 0.25) is 0 Å². The van der Waals surface area contributed by atoms with E-state index >= 15 is 0 Å². The van der Waals surface area contributed by atoms with Crippen LogP contribution in [0.4, 0.5) is 4.39 Å². The molecule has 1 aliphatic heterocycles. The minimum atomic E-state index is -1.29. The van der Waals surface area contributed by atoms with Crippen LogP contribution in [0.2, 0.25) is 0 Å². The molecule has 146 valence electrons. The molecule has 0 spiro atoms. The van der Waals surface area contributed by atoms with Crippen molar-refractivity contribution in [3.05, 3.63) is 59.2 Å². The summed E-state index contributed by atoms with van der Waals surface area (Å²) in [6, 6.07) is 6.83. The molecule has 0 bridgehead atoms. The third kappa shape index (κ3) is 2.49. The lowest BCUT2D eigenvalue weighted by Crippen LogP contribution is -2.35. The molecule has 2 aliphatic rings. The van der Waals surface area contributed by atoms with E-state index in [0.717, 1.165) is 16.6 Å². The van der Waals surface area contributed by atoms with Crippen LogP contribution >= 0.6 is 0 Å². The molecular weight excluding hydrogens is 365 g/mol. The highest BCUT2D eigenvalue weighted by Crippen LogP contribution is 2.41. The normalized spacial score (nSPS) is 30.2. The Bertz CT molecular complexity index is 1060. The van der Waals surface area contributed by atoms with Gasteiger partial charge in [-0.25, -0.2) is 14.4 Å². The SMILES string of the molecule is Cc1ncnc2c1ccn2[C@@H]1O[C@H](C(O)c2ccc3c(c2)CC3F)[C@@H](O)[C@H]1O. The number of benzene rings is 1. The fraction of sp³-hybridized carbons (Fsp3) is 0.400. The summed E-state index contributed by atoms with van der Waals surface area (Å²) in [6.45, 7) is 1.86. The molecule has 28 heavy (non-hydrogen) atoms. The summed E-state index contributed by atoms with van der Waals surface area (Å²) < 4.78 is 21.0. The van der Waals surface area contributed by atoms with Crippen molar-refractivity contribution in [1.29, 1.82) is 0 Å². The lowest BCUT2D eigenvalue weighted by molar-refractivity contribution is -0.0848. The largest absolute Gasteiger partial charge is 0.387 e. The molecular formula is C20H20FN3O4. The molecule has 3 N–H and O–H groups in total. The number of alkyl halides is 1. The van der Waals surface area contributed by atoms with E-state index in [1.54, 1.807) is 29.0 Å². The van der Waals surface area contributed by atoms with Crippen LogP contribution in [0.5, 0.6) is 0 Å². The summed E-state index contributed by atoms with van der Waals surface area (Å²) in [4.78, 5) is 8.40. The molecule has 1 aromatic carbocycles. The lowest BCUT2D eigenvalue weighted by atomic mass is 9.84. The summed E-state index contributed by atoms with van der Waals surface area (Å²) in [6.07, 6.45) is -3.10. The molecule has 2 aromatic heterocycles. The van der Waals surface area contributed by atoms with E-state index in [9.17, 15) is 19.7 Å². The summed E-state index contributed by atoms with van der Waals surface area (Å²) in [5.74, 6) is 0. The van der Waals surface area contributed by atoms with Crippen LogP contribution in [0.1, 0.15) is 40.9 Å². The molecule has 1 aliphatic carbocycles. The molecule has 1 fully saturated rings. The van der Waals surface area contributed by atoms with Gasteiger partial charge in [0.25, 0.3) is 0 Å². The number of fused-ring (bicyclic) bond motifs is 2. The summed E-state index contributed by atoms with van der Waals surface area (Å²) in [5, 5.41) is 32.7. The van der Waals surface area contributed by atoms with E-state index < -0.39 is 36.8 Å². The Labute approximate surface area is 160 Å².